The molecule has 0 aliphatic rings. The Bertz CT molecular complexity index is 546. The maximum Gasteiger partial charge on any atom is 0.279 e. The molecule has 0 saturated carbocycles. The van der Waals surface area contributed by atoms with Crippen molar-refractivity contribution in [2.45, 2.75) is 26.5 Å². The summed E-state index contributed by atoms with van der Waals surface area (Å²) >= 11 is 0. The number of benzene rings is 1. The van der Waals surface area contributed by atoms with Crippen molar-refractivity contribution in [3.63, 3.8) is 0 Å². The first-order valence-corrected chi connectivity index (χ1v) is 8.22. The molecule has 0 heterocycles. The van der Waals surface area contributed by atoms with Gasteiger partial charge in [-0.1, -0.05) is 26.0 Å². The van der Waals surface area contributed by atoms with E-state index in [1.807, 2.05) is 26.0 Å². The van der Waals surface area contributed by atoms with Gasteiger partial charge in [0.25, 0.3) is 10.2 Å². The largest absolute Gasteiger partial charge is 0.497 e. The van der Waals surface area contributed by atoms with E-state index in [-0.39, 0.29) is 19.0 Å². The third-order valence-electron chi connectivity index (χ3n) is 3.19. The van der Waals surface area contributed by atoms with Crippen molar-refractivity contribution < 1.29 is 18.3 Å². The smallest absolute Gasteiger partial charge is 0.279 e. The van der Waals surface area contributed by atoms with Crippen LogP contribution in [0.1, 0.15) is 19.4 Å². The van der Waals surface area contributed by atoms with Gasteiger partial charge in [0.1, 0.15) is 5.75 Å². The van der Waals surface area contributed by atoms with Gasteiger partial charge in [-0.25, -0.2) is 0 Å². The number of hydrogen-bond acceptors (Lipinski definition) is 4. The second-order valence-electron chi connectivity index (χ2n) is 5.27. The first-order valence-electron chi connectivity index (χ1n) is 6.78. The normalized spacial score (nSPS) is 13.7. The highest BCUT2D eigenvalue weighted by atomic mass is 32.2. The zero-order valence-electron chi connectivity index (χ0n) is 12.9. The number of ether oxygens (including phenoxy) is 1. The summed E-state index contributed by atoms with van der Waals surface area (Å²) in [6.07, 6.45) is -0.704. The lowest BCUT2D eigenvalue weighted by Gasteiger charge is -2.20. The number of rotatable bonds is 8. The van der Waals surface area contributed by atoms with Gasteiger partial charge in [0.05, 0.1) is 13.2 Å². The third-order valence-corrected chi connectivity index (χ3v) is 4.68. The topological polar surface area (TPSA) is 78.9 Å². The molecule has 0 amide bonds. The molecule has 0 radical (unpaired) electrons. The number of nitrogens with zero attached hydrogens (tertiary/aromatic N) is 1. The summed E-state index contributed by atoms with van der Waals surface area (Å²) in [5.41, 5.74) is 0.826. The van der Waals surface area contributed by atoms with Gasteiger partial charge < -0.3 is 9.84 Å². The van der Waals surface area contributed by atoms with E-state index in [0.717, 1.165) is 5.56 Å². The van der Waals surface area contributed by atoms with Crippen molar-refractivity contribution in [2.24, 2.45) is 5.92 Å². The Morgan fingerprint density at radius 3 is 2.62 bits per heavy atom. The van der Waals surface area contributed by atoms with E-state index in [1.54, 1.807) is 19.2 Å². The standard InChI is InChI=1S/C14H24N2O4S/c1-11(2)14(17)9-15-21(18,19)16(3)10-12-6-5-7-13(8-12)20-4/h5-8,11,14-15,17H,9-10H2,1-4H3. The molecule has 0 spiro atoms. The lowest BCUT2D eigenvalue weighted by Crippen LogP contribution is -2.42. The molecule has 0 aliphatic carbocycles. The molecule has 1 rings (SSSR count). The summed E-state index contributed by atoms with van der Waals surface area (Å²) in [6.45, 7) is 3.89. The van der Waals surface area contributed by atoms with Gasteiger partial charge in [0, 0.05) is 20.1 Å². The summed E-state index contributed by atoms with van der Waals surface area (Å²) in [7, 11) is -0.571. The van der Waals surface area contributed by atoms with Crippen LogP contribution in [0.5, 0.6) is 5.75 Å². The summed E-state index contributed by atoms with van der Waals surface area (Å²) < 4.78 is 32.9. The molecular weight excluding hydrogens is 292 g/mol. The molecule has 1 atom stereocenters. The van der Waals surface area contributed by atoms with E-state index in [1.165, 1.54) is 11.4 Å². The number of methoxy groups -OCH3 is 1. The molecule has 0 fully saturated rings. The Morgan fingerprint density at radius 2 is 2.05 bits per heavy atom. The molecule has 1 aromatic carbocycles. The molecule has 0 aromatic heterocycles. The minimum Gasteiger partial charge on any atom is -0.497 e. The third kappa shape index (κ3) is 5.62. The number of aliphatic hydroxyl groups is 1. The Morgan fingerprint density at radius 1 is 1.38 bits per heavy atom. The van der Waals surface area contributed by atoms with Gasteiger partial charge in [-0.2, -0.15) is 17.4 Å². The highest BCUT2D eigenvalue weighted by Crippen LogP contribution is 2.14. The predicted molar refractivity (Wildman–Crippen MR) is 82.2 cm³/mol. The van der Waals surface area contributed by atoms with Crippen molar-refractivity contribution in [3.8, 4) is 5.75 Å². The van der Waals surface area contributed by atoms with Crippen LogP contribution < -0.4 is 9.46 Å². The fourth-order valence-electron chi connectivity index (χ4n) is 1.65. The van der Waals surface area contributed by atoms with E-state index in [2.05, 4.69) is 4.72 Å². The Balaban J connectivity index is 2.66. The highest BCUT2D eigenvalue weighted by molar-refractivity contribution is 7.87. The summed E-state index contributed by atoms with van der Waals surface area (Å²) in [6, 6.07) is 7.23. The van der Waals surface area contributed by atoms with Gasteiger partial charge in [0.15, 0.2) is 0 Å². The fraction of sp³-hybridized carbons (Fsp3) is 0.571. The Kier molecular flexibility index (Phi) is 6.60. The van der Waals surface area contributed by atoms with Crippen LogP contribution in [-0.4, -0.2) is 44.6 Å². The molecule has 1 unspecified atom stereocenters. The van der Waals surface area contributed by atoms with E-state index in [0.29, 0.717) is 5.75 Å². The second-order valence-corrected chi connectivity index (χ2v) is 7.13. The van der Waals surface area contributed by atoms with Gasteiger partial charge in [-0.15, -0.1) is 0 Å². The number of nitrogens with one attached hydrogen (secondary N) is 1. The molecule has 0 bridgehead atoms. The van der Waals surface area contributed by atoms with Crippen LogP contribution >= 0.6 is 0 Å². The van der Waals surface area contributed by atoms with Gasteiger partial charge in [0.2, 0.25) is 0 Å². The van der Waals surface area contributed by atoms with Crippen LogP contribution in [0.15, 0.2) is 24.3 Å². The summed E-state index contributed by atoms with van der Waals surface area (Å²) in [5.74, 6) is 0.679. The molecule has 120 valence electrons. The van der Waals surface area contributed by atoms with E-state index < -0.39 is 16.3 Å². The maximum atomic E-state index is 12.1. The van der Waals surface area contributed by atoms with Crippen molar-refractivity contribution >= 4 is 10.2 Å². The SMILES string of the molecule is COc1cccc(CN(C)S(=O)(=O)NCC(O)C(C)C)c1. The predicted octanol–water partition coefficient (Wildman–Crippen LogP) is 0.978. The first-order chi connectivity index (χ1) is 9.76. The molecule has 1 aromatic rings. The van der Waals surface area contributed by atoms with Crippen LogP contribution in [0, 0.1) is 5.92 Å². The van der Waals surface area contributed by atoms with Gasteiger partial charge >= 0.3 is 0 Å². The van der Waals surface area contributed by atoms with Crippen molar-refractivity contribution in [3.05, 3.63) is 29.8 Å². The van der Waals surface area contributed by atoms with E-state index in [9.17, 15) is 13.5 Å². The lowest BCUT2D eigenvalue weighted by atomic mass is 10.1. The molecule has 0 saturated heterocycles. The van der Waals surface area contributed by atoms with Gasteiger partial charge in [-0.3, -0.25) is 0 Å². The van der Waals surface area contributed by atoms with Crippen molar-refractivity contribution in [1.29, 1.82) is 0 Å². The van der Waals surface area contributed by atoms with Crippen LogP contribution in [0.4, 0.5) is 0 Å². The molecule has 0 aliphatic heterocycles. The zero-order chi connectivity index (χ0) is 16.0. The van der Waals surface area contributed by atoms with Crippen molar-refractivity contribution in [1.82, 2.24) is 9.03 Å². The highest BCUT2D eigenvalue weighted by Gasteiger charge is 2.20. The lowest BCUT2D eigenvalue weighted by molar-refractivity contribution is 0.129. The molecule has 21 heavy (non-hydrogen) atoms. The second kappa shape index (κ2) is 7.74. The molecule has 6 nitrogen and oxygen atoms in total. The summed E-state index contributed by atoms with van der Waals surface area (Å²) in [5, 5.41) is 9.67. The Hall–Kier alpha value is -1.15. The van der Waals surface area contributed by atoms with Gasteiger partial charge in [-0.05, 0) is 23.6 Å². The molecular formula is C14H24N2O4S. The molecule has 7 heteroatoms. The molecule has 2 N–H and O–H groups in total. The van der Waals surface area contributed by atoms with Crippen LogP contribution in [-0.2, 0) is 16.8 Å². The monoisotopic (exact) mass is 316 g/mol. The summed E-state index contributed by atoms with van der Waals surface area (Å²) in [4.78, 5) is 0. The average molecular weight is 316 g/mol. The zero-order valence-corrected chi connectivity index (χ0v) is 13.7. The van der Waals surface area contributed by atoms with E-state index in [4.69, 9.17) is 4.74 Å². The maximum absolute atomic E-state index is 12.1. The quantitative estimate of drug-likeness (QED) is 0.749. The Labute approximate surface area is 126 Å². The van der Waals surface area contributed by atoms with E-state index >= 15 is 0 Å². The van der Waals surface area contributed by atoms with Crippen LogP contribution in [0.3, 0.4) is 0 Å². The van der Waals surface area contributed by atoms with Crippen molar-refractivity contribution in [2.75, 3.05) is 20.7 Å². The fourth-order valence-corrected chi connectivity index (χ4v) is 2.57. The minimum absolute atomic E-state index is 0.00243. The van der Waals surface area contributed by atoms with Crippen LogP contribution in [0.2, 0.25) is 0 Å². The first kappa shape index (κ1) is 17.9. The minimum atomic E-state index is -3.62. The van der Waals surface area contributed by atoms with Crippen LogP contribution in [0.25, 0.3) is 0 Å². The number of hydrogen-bond donors (Lipinski definition) is 2. The average Bonchev–Trinajstić information content (AvgIpc) is 2.44. The number of aliphatic hydroxyl groups excluding tert-OH is 1.